The molecule has 3 heterocycles. The molecule has 1 saturated carbocycles. The lowest BCUT2D eigenvalue weighted by molar-refractivity contribution is -0.122. The van der Waals surface area contributed by atoms with Gasteiger partial charge < -0.3 is 18.9 Å². The smallest absolute Gasteiger partial charge is 0.411 e. The number of hydrogen-bond acceptors (Lipinski definition) is 11. The number of ketones is 1. The third-order valence-electron chi connectivity index (χ3n) is 7.21. The Labute approximate surface area is 246 Å². The molecule has 2 amide bonds. The molecule has 1 fully saturated rings. The molecule has 3 aromatic heterocycles. The summed E-state index contributed by atoms with van der Waals surface area (Å²) in [4.78, 5) is 60.6. The third kappa shape index (κ3) is 5.76. The second-order valence-electron chi connectivity index (χ2n) is 11.9. The molecule has 1 atom stereocenters. The molecule has 1 aliphatic carbocycles. The molecule has 4 aromatic rings. The number of rotatable bonds is 9. The lowest BCUT2D eigenvalue weighted by Gasteiger charge is -2.24. The number of para-hydroxylation sites is 2. The van der Waals surface area contributed by atoms with Crippen LogP contribution in [0.4, 0.5) is 10.5 Å². The van der Waals surface area contributed by atoms with Crippen LogP contribution in [0.5, 0.6) is 0 Å². The van der Waals surface area contributed by atoms with E-state index in [4.69, 9.17) is 8.83 Å². The Bertz CT molecular complexity index is 1730. The van der Waals surface area contributed by atoms with Crippen LogP contribution in [-0.2, 0) is 26.9 Å². The van der Waals surface area contributed by atoms with Crippen molar-refractivity contribution in [2.24, 2.45) is 5.92 Å². The minimum absolute atomic E-state index is 0.157. The Morgan fingerprint density at radius 3 is 2.44 bits per heavy atom. The molecule has 1 unspecified atom stereocenters. The van der Waals surface area contributed by atoms with E-state index in [2.05, 4.69) is 35.5 Å². The summed E-state index contributed by atoms with van der Waals surface area (Å²) in [6.07, 6.45) is 1.70. The zero-order valence-corrected chi connectivity index (χ0v) is 24.8. The molecule has 1 aliphatic rings. The van der Waals surface area contributed by atoms with E-state index in [1.807, 2.05) is 45.0 Å². The van der Waals surface area contributed by atoms with Gasteiger partial charge in [-0.05, 0) is 30.9 Å². The van der Waals surface area contributed by atoms with Gasteiger partial charge in [0.1, 0.15) is 29.0 Å². The SMILES string of the molecule is COC(=O)Nc1cnc(C(C)(C)C)n(CC(=O)NC(C(=O)c2nnc(C3(c4nc5ccccc5o4)CC3)o2)C(C)C)c1=O. The monoisotopic (exact) mass is 591 g/mol. The minimum Gasteiger partial charge on any atom is -0.453 e. The first-order valence-electron chi connectivity index (χ1n) is 13.8. The lowest BCUT2D eigenvalue weighted by atomic mass is 9.95. The van der Waals surface area contributed by atoms with Crippen LogP contribution in [0, 0.1) is 5.92 Å². The van der Waals surface area contributed by atoms with Crippen molar-refractivity contribution in [3.8, 4) is 0 Å². The van der Waals surface area contributed by atoms with Gasteiger partial charge in [0.2, 0.25) is 23.5 Å². The third-order valence-corrected chi connectivity index (χ3v) is 7.21. The lowest BCUT2D eigenvalue weighted by Crippen LogP contribution is -2.47. The first-order valence-corrected chi connectivity index (χ1v) is 13.8. The van der Waals surface area contributed by atoms with Crippen LogP contribution in [0.1, 0.15) is 75.8 Å². The molecule has 1 aromatic carbocycles. The van der Waals surface area contributed by atoms with Gasteiger partial charge in [0, 0.05) is 5.41 Å². The van der Waals surface area contributed by atoms with Crippen LogP contribution in [0.15, 0.2) is 44.1 Å². The van der Waals surface area contributed by atoms with E-state index in [1.165, 1.54) is 6.20 Å². The highest BCUT2D eigenvalue weighted by atomic mass is 16.5. The van der Waals surface area contributed by atoms with Crippen molar-refractivity contribution in [3.05, 3.63) is 64.3 Å². The van der Waals surface area contributed by atoms with Crippen LogP contribution in [0.25, 0.3) is 11.1 Å². The topological polar surface area (TPSA) is 184 Å². The van der Waals surface area contributed by atoms with Crippen molar-refractivity contribution in [1.82, 2.24) is 30.0 Å². The number of hydrogen-bond donors (Lipinski definition) is 2. The molecular weight excluding hydrogens is 558 g/mol. The van der Waals surface area contributed by atoms with E-state index in [-0.39, 0.29) is 23.4 Å². The predicted octanol–water partition coefficient (Wildman–Crippen LogP) is 3.35. The summed E-state index contributed by atoms with van der Waals surface area (Å²) in [5, 5.41) is 13.2. The average Bonchev–Trinajstić information content (AvgIpc) is 3.39. The van der Waals surface area contributed by atoms with Crippen molar-refractivity contribution in [1.29, 1.82) is 0 Å². The fraction of sp³-hybridized carbons (Fsp3) is 0.448. The van der Waals surface area contributed by atoms with Crippen molar-refractivity contribution in [2.45, 2.75) is 70.9 Å². The number of nitrogens with one attached hydrogen (secondary N) is 2. The molecule has 43 heavy (non-hydrogen) atoms. The first-order chi connectivity index (χ1) is 20.3. The van der Waals surface area contributed by atoms with Crippen molar-refractivity contribution in [3.63, 3.8) is 0 Å². The Hall–Kier alpha value is -4.88. The van der Waals surface area contributed by atoms with Gasteiger partial charge in [-0.25, -0.2) is 14.8 Å². The van der Waals surface area contributed by atoms with Gasteiger partial charge in [-0.3, -0.25) is 24.3 Å². The zero-order valence-electron chi connectivity index (χ0n) is 24.8. The molecule has 14 heteroatoms. The van der Waals surface area contributed by atoms with E-state index in [9.17, 15) is 19.2 Å². The number of fused-ring (bicyclic) bond motifs is 1. The first kappa shape index (κ1) is 29.6. The van der Waals surface area contributed by atoms with E-state index in [1.54, 1.807) is 13.8 Å². The van der Waals surface area contributed by atoms with Gasteiger partial charge in [0.15, 0.2) is 5.58 Å². The summed E-state index contributed by atoms with van der Waals surface area (Å²) in [5.74, 6) is -0.829. The number of ether oxygens (including phenoxy) is 1. The standard InChI is InChI=1S/C29H33N7O7/c1-15(2)20(33-19(37)14-36-23(39)17(32-27(40)41-6)13-30-24(36)28(3,4)5)21(38)22-34-35-26(43-22)29(11-12-29)25-31-16-9-7-8-10-18(16)42-25/h7-10,13,15,20H,11-12,14H2,1-6H3,(H,32,40)(H,33,37). The maximum Gasteiger partial charge on any atom is 0.411 e. The Balaban J connectivity index is 1.36. The van der Waals surface area contributed by atoms with E-state index in [0.717, 1.165) is 11.7 Å². The number of amides is 2. The number of carbonyl (C=O) groups excluding carboxylic acids is 3. The summed E-state index contributed by atoms with van der Waals surface area (Å²) >= 11 is 0. The number of oxazole rings is 1. The number of methoxy groups -OCH3 is 1. The van der Waals surface area contributed by atoms with Crippen molar-refractivity contribution < 1.29 is 28.0 Å². The Morgan fingerprint density at radius 2 is 1.81 bits per heavy atom. The summed E-state index contributed by atoms with van der Waals surface area (Å²) in [6.45, 7) is 8.56. The molecule has 2 N–H and O–H groups in total. The molecule has 0 bridgehead atoms. The highest BCUT2D eigenvalue weighted by molar-refractivity contribution is 5.98. The van der Waals surface area contributed by atoms with E-state index >= 15 is 0 Å². The summed E-state index contributed by atoms with van der Waals surface area (Å²) in [5.41, 5.74) is -0.791. The maximum atomic E-state index is 13.5. The summed E-state index contributed by atoms with van der Waals surface area (Å²) in [7, 11) is 1.16. The van der Waals surface area contributed by atoms with Crippen LogP contribution < -0.4 is 16.2 Å². The van der Waals surface area contributed by atoms with Crippen LogP contribution in [0.2, 0.25) is 0 Å². The van der Waals surface area contributed by atoms with Gasteiger partial charge in [-0.1, -0.05) is 46.8 Å². The molecule has 0 spiro atoms. The molecule has 5 rings (SSSR count). The molecule has 0 radical (unpaired) electrons. The fourth-order valence-electron chi connectivity index (χ4n) is 4.75. The largest absolute Gasteiger partial charge is 0.453 e. The number of Topliss-reactive ketones (excluding diaryl/α,β-unsaturated/α-hetero) is 1. The quantitative estimate of drug-likeness (QED) is 0.272. The average molecular weight is 592 g/mol. The van der Waals surface area contributed by atoms with Gasteiger partial charge in [-0.2, -0.15) is 0 Å². The van der Waals surface area contributed by atoms with Crippen LogP contribution in [-0.4, -0.2) is 55.7 Å². The Kier molecular flexibility index (Phi) is 7.63. The summed E-state index contributed by atoms with van der Waals surface area (Å²) in [6, 6.07) is 6.36. The second kappa shape index (κ2) is 11.1. The number of nitrogens with zero attached hydrogens (tertiary/aromatic N) is 5. The number of aromatic nitrogens is 5. The van der Waals surface area contributed by atoms with Gasteiger partial charge in [-0.15, -0.1) is 10.2 Å². The molecule has 14 nitrogen and oxygen atoms in total. The van der Waals surface area contributed by atoms with E-state index < -0.39 is 46.8 Å². The zero-order chi connectivity index (χ0) is 31.1. The van der Waals surface area contributed by atoms with Gasteiger partial charge in [0.05, 0.1) is 19.3 Å². The predicted molar refractivity (Wildman–Crippen MR) is 153 cm³/mol. The second-order valence-corrected chi connectivity index (χ2v) is 11.9. The normalized spacial score (nSPS) is 14.9. The van der Waals surface area contributed by atoms with Crippen LogP contribution >= 0.6 is 0 Å². The molecular formula is C29H33N7O7. The van der Waals surface area contributed by atoms with Crippen molar-refractivity contribution >= 4 is 34.6 Å². The maximum absolute atomic E-state index is 13.5. The van der Waals surface area contributed by atoms with Crippen LogP contribution in [0.3, 0.4) is 0 Å². The molecule has 0 aliphatic heterocycles. The molecule has 0 saturated heterocycles. The number of carbonyl (C=O) groups is 3. The van der Waals surface area contributed by atoms with Gasteiger partial charge >= 0.3 is 6.09 Å². The Morgan fingerprint density at radius 1 is 1.09 bits per heavy atom. The number of anilines is 1. The number of benzene rings is 1. The van der Waals surface area contributed by atoms with Gasteiger partial charge in [0.25, 0.3) is 11.4 Å². The van der Waals surface area contributed by atoms with Crippen molar-refractivity contribution in [2.75, 3.05) is 12.4 Å². The summed E-state index contributed by atoms with van der Waals surface area (Å²) < 4.78 is 17.5. The fourth-order valence-corrected chi connectivity index (χ4v) is 4.75. The minimum atomic E-state index is -1.03. The highest BCUT2D eigenvalue weighted by Gasteiger charge is 2.55. The molecule has 226 valence electrons. The highest BCUT2D eigenvalue weighted by Crippen LogP contribution is 2.53. The van der Waals surface area contributed by atoms with E-state index in [0.29, 0.717) is 35.7 Å².